The maximum absolute atomic E-state index is 13.2. The Morgan fingerprint density at radius 3 is 2.83 bits per heavy atom. The van der Waals surface area contributed by atoms with Gasteiger partial charge in [0.1, 0.15) is 5.82 Å². The molecule has 1 aromatic carbocycles. The molecule has 23 heavy (non-hydrogen) atoms. The number of likely N-dealkylation sites (tertiary alicyclic amines) is 1. The number of halogens is 4. The number of nitrogens with zero attached hydrogens (tertiary/aromatic N) is 1. The predicted molar refractivity (Wildman–Crippen MR) is 75.6 cm³/mol. The molecular weight excluding hydrogens is 316 g/mol. The summed E-state index contributed by atoms with van der Waals surface area (Å²) in [5.41, 5.74) is -1.63. The molecule has 0 bridgehead atoms. The second-order valence-corrected chi connectivity index (χ2v) is 5.44. The summed E-state index contributed by atoms with van der Waals surface area (Å²) >= 11 is 0. The third-order valence-electron chi connectivity index (χ3n) is 3.75. The average molecular weight is 334 g/mol. The van der Waals surface area contributed by atoms with E-state index >= 15 is 0 Å². The Bertz CT molecular complexity index is 563. The standard InChI is InChI=1S/C15H18F4N2O2/c1-23-7-6-21-5-4-11(9-21)20-14(22)10-2-3-13(16)12(8-10)15(17,18)19/h2-3,8,11H,4-7,9H2,1H3,(H,20,22)/t11-/m1/s1. The second-order valence-electron chi connectivity index (χ2n) is 5.44. The zero-order valence-corrected chi connectivity index (χ0v) is 12.6. The molecule has 0 unspecified atom stereocenters. The van der Waals surface area contributed by atoms with Gasteiger partial charge in [0.05, 0.1) is 12.2 Å². The number of ether oxygens (including phenoxy) is 1. The van der Waals surface area contributed by atoms with Crippen LogP contribution in [-0.4, -0.2) is 50.2 Å². The topological polar surface area (TPSA) is 41.6 Å². The summed E-state index contributed by atoms with van der Waals surface area (Å²) in [6.45, 7) is 2.71. The van der Waals surface area contributed by atoms with Gasteiger partial charge in [-0.05, 0) is 24.6 Å². The number of methoxy groups -OCH3 is 1. The number of nitrogens with one attached hydrogen (secondary N) is 1. The first-order chi connectivity index (χ1) is 10.8. The summed E-state index contributed by atoms with van der Waals surface area (Å²) in [6.07, 6.45) is -4.12. The minimum atomic E-state index is -4.83. The van der Waals surface area contributed by atoms with E-state index < -0.39 is 23.5 Å². The van der Waals surface area contributed by atoms with Crippen LogP contribution in [0.1, 0.15) is 22.3 Å². The quantitative estimate of drug-likeness (QED) is 0.840. The molecule has 128 valence electrons. The first-order valence-corrected chi connectivity index (χ1v) is 7.20. The molecular formula is C15H18F4N2O2. The molecule has 1 amide bonds. The molecule has 1 heterocycles. The molecule has 1 atom stereocenters. The lowest BCUT2D eigenvalue weighted by atomic mass is 10.1. The molecule has 1 aliphatic heterocycles. The first kappa shape index (κ1) is 17.7. The summed E-state index contributed by atoms with van der Waals surface area (Å²) in [4.78, 5) is 14.2. The van der Waals surface area contributed by atoms with Gasteiger partial charge < -0.3 is 10.1 Å². The van der Waals surface area contributed by atoms with E-state index in [2.05, 4.69) is 10.2 Å². The number of hydrogen-bond acceptors (Lipinski definition) is 3. The van der Waals surface area contributed by atoms with E-state index in [0.29, 0.717) is 31.7 Å². The maximum Gasteiger partial charge on any atom is 0.419 e. The van der Waals surface area contributed by atoms with Crippen LogP contribution in [0.4, 0.5) is 17.6 Å². The fourth-order valence-electron chi connectivity index (χ4n) is 2.53. The van der Waals surface area contributed by atoms with Gasteiger partial charge in [0, 0.05) is 38.3 Å². The molecule has 8 heteroatoms. The van der Waals surface area contributed by atoms with E-state index in [-0.39, 0.29) is 11.6 Å². The van der Waals surface area contributed by atoms with E-state index in [1.54, 1.807) is 7.11 Å². The highest BCUT2D eigenvalue weighted by molar-refractivity contribution is 5.94. The van der Waals surface area contributed by atoms with Gasteiger partial charge in [-0.3, -0.25) is 9.69 Å². The molecule has 0 aliphatic carbocycles. The smallest absolute Gasteiger partial charge is 0.383 e. The minimum absolute atomic E-state index is 0.140. The van der Waals surface area contributed by atoms with E-state index in [1.165, 1.54) is 0 Å². The fraction of sp³-hybridized carbons (Fsp3) is 0.533. The van der Waals surface area contributed by atoms with Crippen LogP contribution >= 0.6 is 0 Å². The van der Waals surface area contributed by atoms with Crippen LogP contribution in [0.2, 0.25) is 0 Å². The van der Waals surface area contributed by atoms with E-state index in [9.17, 15) is 22.4 Å². The lowest BCUT2D eigenvalue weighted by Gasteiger charge is -2.16. The third-order valence-corrected chi connectivity index (χ3v) is 3.75. The van der Waals surface area contributed by atoms with Gasteiger partial charge in [0.2, 0.25) is 0 Å². The van der Waals surface area contributed by atoms with Crippen molar-refractivity contribution in [1.82, 2.24) is 10.2 Å². The van der Waals surface area contributed by atoms with Crippen LogP contribution in [0.5, 0.6) is 0 Å². The van der Waals surface area contributed by atoms with Gasteiger partial charge in [-0.1, -0.05) is 0 Å². The summed E-state index contributed by atoms with van der Waals surface area (Å²) in [5, 5.41) is 2.69. The van der Waals surface area contributed by atoms with Gasteiger partial charge in [-0.2, -0.15) is 13.2 Å². The SMILES string of the molecule is COCCN1CC[C@@H](NC(=O)c2ccc(F)c(C(F)(F)F)c2)C1. The van der Waals surface area contributed by atoms with Gasteiger partial charge in [0.25, 0.3) is 5.91 Å². The van der Waals surface area contributed by atoms with Crippen molar-refractivity contribution >= 4 is 5.91 Å². The van der Waals surface area contributed by atoms with Crippen molar-refractivity contribution in [3.63, 3.8) is 0 Å². The average Bonchev–Trinajstić information content (AvgIpc) is 2.91. The van der Waals surface area contributed by atoms with Crippen molar-refractivity contribution in [1.29, 1.82) is 0 Å². The van der Waals surface area contributed by atoms with Crippen molar-refractivity contribution in [3.8, 4) is 0 Å². The molecule has 2 rings (SSSR count). The number of alkyl halides is 3. The molecule has 4 nitrogen and oxygen atoms in total. The molecule has 1 N–H and O–H groups in total. The van der Waals surface area contributed by atoms with Crippen LogP contribution in [0, 0.1) is 5.82 Å². The van der Waals surface area contributed by atoms with E-state index in [0.717, 1.165) is 19.2 Å². The summed E-state index contributed by atoms with van der Waals surface area (Å²) in [5.74, 6) is -2.02. The number of benzene rings is 1. The van der Waals surface area contributed by atoms with Crippen molar-refractivity contribution in [2.24, 2.45) is 0 Å². The molecule has 1 fully saturated rings. The summed E-state index contributed by atoms with van der Waals surface area (Å²) < 4.78 is 56.2. The van der Waals surface area contributed by atoms with Crippen molar-refractivity contribution in [2.45, 2.75) is 18.6 Å². The Balaban J connectivity index is 1.99. The third kappa shape index (κ3) is 4.65. The number of amides is 1. The molecule has 0 saturated carbocycles. The van der Waals surface area contributed by atoms with Crippen molar-refractivity contribution < 1.29 is 27.1 Å². The number of rotatable bonds is 5. The van der Waals surface area contributed by atoms with Crippen LogP contribution in [0.15, 0.2) is 18.2 Å². The molecule has 0 aromatic heterocycles. The Labute approximate surface area is 131 Å². The fourth-order valence-corrected chi connectivity index (χ4v) is 2.53. The number of hydrogen-bond donors (Lipinski definition) is 1. The lowest BCUT2D eigenvalue weighted by molar-refractivity contribution is -0.140. The number of carbonyl (C=O) groups excluding carboxylic acids is 1. The van der Waals surface area contributed by atoms with Crippen LogP contribution in [0.25, 0.3) is 0 Å². The molecule has 0 spiro atoms. The highest BCUT2D eigenvalue weighted by Crippen LogP contribution is 2.31. The second kappa shape index (κ2) is 7.27. The normalized spacial score (nSPS) is 19.1. The minimum Gasteiger partial charge on any atom is -0.383 e. The molecule has 0 radical (unpaired) electrons. The monoisotopic (exact) mass is 334 g/mol. The Kier molecular flexibility index (Phi) is 5.59. The first-order valence-electron chi connectivity index (χ1n) is 7.20. The highest BCUT2D eigenvalue weighted by atomic mass is 19.4. The Morgan fingerprint density at radius 1 is 1.43 bits per heavy atom. The summed E-state index contributed by atoms with van der Waals surface area (Å²) in [7, 11) is 1.60. The highest BCUT2D eigenvalue weighted by Gasteiger charge is 2.35. The molecule has 1 saturated heterocycles. The zero-order valence-electron chi connectivity index (χ0n) is 12.6. The zero-order chi connectivity index (χ0) is 17.0. The van der Waals surface area contributed by atoms with Crippen LogP contribution in [-0.2, 0) is 10.9 Å². The van der Waals surface area contributed by atoms with Crippen molar-refractivity contribution in [3.05, 3.63) is 35.1 Å². The van der Waals surface area contributed by atoms with E-state index in [1.807, 2.05) is 0 Å². The largest absolute Gasteiger partial charge is 0.419 e. The molecule has 1 aromatic rings. The predicted octanol–water partition coefficient (Wildman–Crippen LogP) is 2.29. The molecule has 1 aliphatic rings. The number of carbonyl (C=O) groups is 1. The maximum atomic E-state index is 13.2. The van der Waals surface area contributed by atoms with Crippen LogP contribution < -0.4 is 5.32 Å². The van der Waals surface area contributed by atoms with Gasteiger partial charge >= 0.3 is 6.18 Å². The lowest BCUT2D eigenvalue weighted by Crippen LogP contribution is -2.37. The van der Waals surface area contributed by atoms with Crippen molar-refractivity contribution in [2.75, 3.05) is 33.4 Å². The Morgan fingerprint density at radius 2 is 2.17 bits per heavy atom. The Hall–Kier alpha value is -1.67. The van der Waals surface area contributed by atoms with Gasteiger partial charge in [-0.25, -0.2) is 4.39 Å². The van der Waals surface area contributed by atoms with Crippen LogP contribution in [0.3, 0.4) is 0 Å². The summed E-state index contributed by atoms with van der Waals surface area (Å²) in [6, 6.07) is 2.12. The van der Waals surface area contributed by atoms with Gasteiger partial charge in [-0.15, -0.1) is 0 Å². The van der Waals surface area contributed by atoms with Gasteiger partial charge in [0.15, 0.2) is 0 Å². The van der Waals surface area contributed by atoms with E-state index in [4.69, 9.17) is 4.74 Å².